The first kappa shape index (κ1) is 23.4. The highest BCUT2D eigenvalue weighted by molar-refractivity contribution is 7.87. The van der Waals surface area contributed by atoms with Gasteiger partial charge < -0.3 is 4.57 Å². The topological polar surface area (TPSA) is 79.6 Å². The summed E-state index contributed by atoms with van der Waals surface area (Å²) in [4.78, 5) is 9.76. The molecule has 1 fully saturated rings. The maximum atomic E-state index is 12.4. The van der Waals surface area contributed by atoms with Gasteiger partial charge in [-0.25, -0.2) is 4.98 Å². The molecule has 0 spiro atoms. The summed E-state index contributed by atoms with van der Waals surface area (Å²) in [6, 6.07) is 20.0. The van der Waals surface area contributed by atoms with Gasteiger partial charge >= 0.3 is 0 Å². The number of hydrogen-bond acceptors (Lipinski definition) is 4. The van der Waals surface area contributed by atoms with Crippen LogP contribution in [0.5, 0.6) is 0 Å². The van der Waals surface area contributed by atoms with Crippen molar-refractivity contribution in [3.63, 3.8) is 0 Å². The first-order chi connectivity index (χ1) is 15.9. The van der Waals surface area contributed by atoms with Crippen LogP contribution in [0.3, 0.4) is 0 Å². The summed E-state index contributed by atoms with van der Waals surface area (Å²) < 4.78 is 30.8. The van der Waals surface area contributed by atoms with Gasteiger partial charge in [-0.3, -0.25) is 4.99 Å². The van der Waals surface area contributed by atoms with Crippen LogP contribution in [0.2, 0.25) is 0 Å². The van der Waals surface area contributed by atoms with Gasteiger partial charge in [-0.2, -0.15) is 17.4 Å². The van der Waals surface area contributed by atoms with Crippen LogP contribution in [0.25, 0.3) is 22.5 Å². The van der Waals surface area contributed by atoms with Gasteiger partial charge in [0.05, 0.1) is 23.6 Å². The van der Waals surface area contributed by atoms with Crippen molar-refractivity contribution in [1.29, 1.82) is 0 Å². The molecule has 0 aliphatic heterocycles. The Morgan fingerprint density at radius 1 is 1.00 bits per heavy atom. The minimum absolute atomic E-state index is 0.120. The zero-order valence-electron chi connectivity index (χ0n) is 19.3. The third-order valence-corrected chi connectivity index (χ3v) is 7.68. The summed E-state index contributed by atoms with van der Waals surface area (Å²) >= 11 is 0. The van der Waals surface area contributed by atoms with E-state index in [9.17, 15) is 8.42 Å². The third-order valence-electron chi connectivity index (χ3n) is 6.12. The Balaban J connectivity index is 1.68. The highest BCUT2D eigenvalue weighted by atomic mass is 32.2. The summed E-state index contributed by atoms with van der Waals surface area (Å²) in [6.45, 7) is 0. The van der Waals surface area contributed by atoms with E-state index >= 15 is 0 Å². The zero-order valence-corrected chi connectivity index (χ0v) is 20.2. The fourth-order valence-corrected chi connectivity index (χ4v) is 5.11. The molecule has 2 unspecified atom stereocenters. The second-order valence-corrected chi connectivity index (χ2v) is 10.5. The monoisotopic (exact) mass is 465 g/mol. The lowest BCUT2D eigenvalue weighted by atomic mass is 9.91. The summed E-state index contributed by atoms with van der Waals surface area (Å²) in [5.74, 6) is 0.743. The summed E-state index contributed by atoms with van der Waals surface area (Å²) in [5.41, 5.74) is 4.05. The SMILES string of the molecule is CN(C)S(=O)(=O)NC1CCCCC1N=Cc1nc(-c2ccccc2)c(-c2ccccc2)n1C. The molecule has 4 rings (SSSR count). The molecule has 1 aliphatic carbocycles. The molecule has 1 aliphatic rings. The lowest BCUT2D eigenvalue weighted by Crippen LogP contribution is -2.48. The van der Waals surface area contributed by atoms with Crippen molar-refractivity contribution >= 4 is 16.4 Å². The Bertz CT molecular complexity index is 1200. The number of nitrogens with one attached hydrogen (secondary N) is 1. The Labute approximate surface area is 196 Å². The number of aromatic nitrogens is 2. The molecular formula is C25H31N5O2S. The minimum Gasteiger partial charge on any atom is -0.326 e. The van der Waals surface area contributed by atoms with E-state index in [-0.39, 0.29) is 12.1 Å². The van der Waals surface area contributed by atoms with Crippen LogP contribution in [-0.4, -0.2) is 54.7 Å². The molecule has 0 saturated heterocycles. The van der Waals surface area contributed by atoms with Gasteiger partial charge in [-0.05, 0) is 12.8 Å². The Morgan fingerprint density at radius 3 is 2.24 bits per heavy atom. The van der Waals surface area contributed by atoms with E-state index in [1.165, 1.54) is 18.4 Å². The second-order valence-electron chi connectivity index (χ2n) is 8.60. The van der Waals surface area contributed by atoms with Gasteiger partial charge in [0, 0.05) is 38.3 Å². The van der Waals surface area contributed by atoms with Gasteiger partial charge in [-0.15, -0.1) is 0 Å². The number of aliphatic imine (C=N–C) groups is 1. The minimum atomic E-state index is -3.51. The van der Waals surface area contributed by atoms with Crippen LogP contribution >= 0.6 is 0 Å². The van der Waals surface area contributed by atoms with Gasteiger partial charge in [0.2, 0.25) is 0 Å². The molecule has 174 valence electrons. The van der Waals surface area contributed by atoms with Crippen LogP contribution in [0, 0.1) is 0 Å². The highest BCUT2D eigenvalue weighted by Gasteiger charge is 2.29. The summed E-state index contributed by atoms with van der Waals surface area (Å²) in [7, 11) is 1.56. The van der Waals surface area contributed by atoms with Gasteiger partial charge in [0.1, 0.15) is 0 Å². The van der Waals surface area contributed by atoms with Crippen LogP contribution in [0.1, 0.15) is 31.5 Å². The van der Waals surface area contributed by atoms with Crippen LogP contribution in [0.15, 0.2) is 65.7 Å². The van der Waals surface area contributed by atoms with Gasteiger partial charge in [-0.1, -0.05) is 73.5 Å². The number of rotatable bonds is 7. The number of imidazole rings is 1. The molecule has 2 aromatic carbocycles. The Kier molecular flexibility index (Phi) is 7.07. The quantitative estimate of drug-likeness (QED) is 0.538. The molecule has 1 heterocycles. The maximum Gasteiger partial charge on any atom is 0.279 e. The molecule has 0 radical (unpaired) electrons. The first-order valence-corrected chi connectivity index (χ1v) is 12.7. The maximum absolute atomic E-state index is 12.4. The molecule has 2 atom stereocenters. The lowest BCUT2D eigenvalue weighted by Gasteiger charge is -2.30. The van der Waals surface area contributed by atoms with Crippen LogP contribution < -0.4 is 4.72 Å². The van der Waals surface area contributed by atoms with Crippen molar-refractivity contribution in [3.05, 3.63) is 66.5 Å². The standard InChI is InChI=1S/C25H31N5O2S/c1-29(2)33(31,32)28-22-17-11-10-16-21(22)26-18-23-27-24(19-12-6-4-7-13-19)25(30(23)3)20-14-8-5-9-15-20/h4-9,12-15,18,21-22,28H,10-11,16-17H2,1-3H3. The fourth-order valence-electron chi connectivity index (χ4n) is 4.24. The Morgan fingerprint density at radius 2 is 1.61 bits per heavy atom. The van der Waals surface area contributed by atoms with Crippen molar-refractivity contribution in [2.45, 2.75) is 37.8 Å². The molecule has 1 aromatic heterocycles. The van der Waals surface area contributed by atoms with E-state index in [0.717, 1.165) is 54.0 Å². The van der Waals surface area contributed by atoms with Gasteiger partial charge in [0.15, 0.2) is 5.82 Å². The van der Waals surface area contributed by atoms with E-state index in [0.29, 0.717) is 0 Å². The van der Waals surface area contributed by atoms with E-state index in [1.807, 2.05) is 43.4 Å². The lowest BCUT2D eigenvalue weighted by molar-refractivity contribution is 0.356. The average Bonchev–Trinajstić information content (AvgIpc) is 3.15. The molecule has 7 nitrogen and oxygen atoms in total. The summed E-state index contributed by atoms with van der Waals surface area (Å²) in [6.07, 6.45) is 5.45. The van der Waals surface area contributed by atoms with Crippen molar-refractivity contribution in [1.82, 2.24) is 18.6 Å². The number of nitrogens with zero attached hydrogens (tertiary/aromatic N) is 4. The molecule has 1 N–H and O–H groups in total. The predicted molar refractivity (Wildman–Crippen MR) is 133 cm³/mol. The highest BCUT2D eigenvalue weighted by Crippen LogP contribution is 2.32. The normalized spacial score (nSPS) is 19.4. The smallest absolute Gasteiger partial charge is 0.279 e. The summed E-state index contributed by atoms with van der Waals surface area (Å²) in [5, 5.41) is 0. The van der Waals surface area contributed by atoms with Crippen molar-refractivity contribution in [2.24, 2.45) is 12.0 Å². The predicted octanol–water partition coefficient (Wildman–Crippen LogP) is 3.88. The van der Waals surface area contributed by atoms with Crippen molar-refractivity contribution in [2.75, 3.05) is 14.1 Å². The first-order valence-electron chi connectivity index (χ1n) is 11.3. The largest absolute Gasteiger partial charge is 0.326 e. The molecule has 0 bridgehead atoms. The van der Waals surface area contributed by atoms with E-state index < -0.39 is 10.2 Å². The molecule has 0 amide bonds. The molecule has 8 heteroatoms. The fraction of sp³-hybridized carbons (Fsp3) is 0.360. The molecular weight excluding hydrogens is 434 g/mol. The second kappa shape index (κ2) is 9.99. The van der Waals surface area contributed by atoms with Crippen molar-refractivity contribution in [3.8, 4) is 22.5 Å². The van der Waals surface area contributed by atoms with Crippen LogP contribution in [-0.2, 0) is 17.3 Å². The third kappa shape index (κ3) is 5.24. The average molecular weight is 466 g/mol. The molecule has 33 heavy (non-hydrogen) atoms. The van der Waals surface area contributed by atoms with Gasteiger partial charge in [0.25, 0.3) is 10.2 Å². The zero-order chi connectivity index (χ0) is 23.4. The van der Waals surface area contributed by atoms with E-state index in [1.54, 1.807) is 6.21 Å². The van der Waals surface area contributed by atoms with Crippen molar-refractivity contribution < 1.29 is 8.42 Å². The van der Waals surface area contributed by atoms with Crippen LogP contribution in [0.4, 0.5) is 0 Å². The van der Waals surface area contributed by atoms with E-state index in [4.69, 9.17) is 9.98 Å². The Hall–Kier alpha value is -2.81. The van der Waals surface area contributed by atoms with E-state index in [2.05, 4.69) is 33.6 Å². The number of benzene rings is 2. The number of hydrogen-bond donors (Lipinski definition) is 1. The molecule has 3 aromatic rings. The molecule has 1 saturated carbocycles.